The standard InChI is InChI=1S/C13H27NO2/c1-4-15-13(16-5-2)10-14-9-12-7-6-11(3)8-12/h11-14H,4-10H2,1-3H3. The van der Waals surface area contributed by atoms with Crippen molar-refractivity contribution in [3.63, 3.8) is 0 Å². The van der Waals surface area contributed by atoms with Crippen molar-refractivity contribution in [1.82, 2.24) is 5.32 Å². The van der Waals surface area contributed by atoms with Gasteiger partial charge in [0.05, 0.1) is 0 Å². The van der Waals surface area contributed by atoms with Crippen molar-refractivity contribution in [2.45, 2.75) is 46.3 Å². The molecular weight excluding hydrogens is 202 g/mol. The predicted octanol–water partition coefficient (Wildman–Crippen LogP) is 2.41. The molecule has 96 valence electrons. The second-order valence-electron chi connectivity index (χ2n) is 4.78. The van der Waals surface area contributed by atoms with Gasteiger partial charge in [0.1, 0.15) is 0 Å². The van der Waals surface area contributed by atoms with E-state index in [1.807, 2.05) is 13.8 Å². The third kappa shape index (κ3) is 5.28. The van der Waals surface area contributed by atoms with Gasteiger partial charge in [-0.15, -0.1) is 0 Å². The van der Waals surface area contributed by atoms with Gasteiger partial charge in [0.2, 0.25) is 0 Å². The SMILES string of the molecule is CCOC(CNCC1CCC(C)C1)OCC. The minimum absolute atomic E-state index is 0.0752. The van der Waals surface area contributed by atoms with Crippen molar-refractivity contribution in [1.29, 1.82) is 0 Å². The molecule has 0 aromatic carbocycles. The fourth-order valence-corrected chi connectivity index (χ4v) is 2.45. The zero-order valence-corrected chi connectivity index (χ0v) is 11.0. The molecule has 16 heavy (non-hydrogen) atoms. The normalized spacial score (nSPS) is 25.5. The maximum Gasteiger partial charge on any atom is 0.169 e. The molecule has 0 bridgehead atoms. The topological polar surface area (TPSA) is 30.5 Å². The summed E-state index contributed by atoms with van der Waals surface area (Å²) in [5.74, 6) is 1.78. The Labute approximate surface area is 99.9 Å². The molecule has 1 rings (SSSR count). The van der Waals surface area contributed by atoms with Gasteiger partial charge in [-0.05, 0) is 45.1 Å². The summed E-state index contributed by atoms with van der Waals surface area (Å²) >= 11 is 0. The quantitative estimate of drug-likeness (QED) is 0.648. The van der Waals surface area contributed by atoms with E-state index in [0.717, 1.165) is 24.9 Å². The molecule has 1 N–H and O–H groups in total. The highest BCUT2D eigenvalue weighted by molar-refractivity contribution is 4.74. The molecule has 0 heterocycles. The first kappa shape index (κ1) is 13.9. The van der Waals surface area contributed by atoms with Crippen LogP contribution in [0, 0.1) is 11.8 Å². The van der Waals surface area contributed by atoms with E-state index in [9.17, 15) is 0 Å². The Balaban J connectivity index is 2.07. The lowest BCUT2D eigenvalue weighted by Crippen LogP contribution is -2.34. The monoisotopic (exact) mass is 229 g/mol. The maximum atomic E-state index is 5.48. The third-order valence-corrected chi connectivity index (χ3v) is 3.25. The average molecular weight is 229 g/mol. The summed E-state index contributed by atoms with van der Waals surface area (Å²) in [6, 6.07) is 0. The molecule has 2 atom stereocenters. The average Bonchev–Trinajstić information content (AvgIpc) is 2.65. The van der Waals surface area contributed by atoms with Gasteiger partial charge in [0, 0.05) is 19.8 Å². The van der Waals surface area contributed by atoms with Crippen LogP contribution in [0.25, 0.3) is 0 Å². The largest absolute Gasteiger partial charge is 0.352 e. The molecular formula is C13H27NO2. The molecule has 0 aromatic rings. The van der Waals surface area contributed by atoms with E-state index in [0.29, 0.717) is 13.2 Å². The molecule has 1 fully saturated rings. The second kappa shape index (κ2) is 8.04. The van der Waals surface area contributed by atoms with Crippen molar-refractivity contribution in [3.05, 3.63) is 0 Å². The molecule has 0 radical (unpaired) electrons. The fraction of sp³-hybridized carbons (Fsp3) is 1.00. The van der Waals surface area contributed by atoms with Crippen LogP contribution in [0.2, 0.25) is 0 Å². The van der Waals surface area contributed by atoms with Crippen molar-refractivity contribution < 1.29 is 9.47 Å². The molecule has 0 aromatic heterocycles. The smallest absolute Gasteiger partial charge is 0.169 e. The summed E-state index contributed by atoms with van der Waals surface area (Å²) in [7, 11) is 0. The van der Waals surface area contributed by atoms with Crippen LogP contribution in [0.1, 0.15) is 40.0 Å². The molecule has 0 aliphatic heterocycles. The molecule has 1 aliphatic carbocycles. The van der Waals surface area contributed by atoms with E-state index in [-0.39, 0.29) is 6.29 Å². The summed E-state index contributed by atoms with van der Waals surface area (Å²) in [5.41, 5.74) is 0. The van der Waals surface area contributed by atoms with Gasteiger partial charge in [-0.2, -0.15) is 0 Å². The first-order valence-corrected chi connectivity index (χ1v) is 6.70. The van der Waals surface area contributed by atoms with Gasteiger partial charge < -0.3 is 14.8 Å². The molecule has 3 nitrogen and oxygen atoms in total. The van der Waals surface area contributed by atoms with Crippen LogP contribution in [0.3, 0.4) is 0 Å². The lowest BCUT2D eigenvalue weighted by Gasteiger charge is -2.19. The van der Waals surface area contributed by atoms with Crippen LogP contribution in [0.4, 0.5) is 0 Å². The Morgan fingerprint density at radius 2 is 1.88 bits per heavy atom. The van der Waals surface area contributed by atoms with Gasteiger partial charge in [0.25, 0.3) is 0 Å². The fourth-order valence-electron chi connectivity index (χ4n) is 2.45. The van der Waals surface area contributed by atoms with E-state index >= 15 is 0 Å². The van der Waals surface area contributed by atoms with Gasteiger partial charge in [-0.1, -0.05) is 13.3 Å². The van der Waals surface area contributed by atoms with E-state index in [1.165, 1.54) is 19.3 Å². The molecule has 2 unspecified atom stereocenters. The Morgan fingerprint density at radius 1 is 1.19 bits per heavy atom. The van der Waals surface area contributed by atoms with E-state index in [4.69, 9.17) is 9.47 Å². The molecule has 0 saturated heterocycles. The molecule has 3 heteroatoms. The number of ether oxygens (including phenoxy) is 2. The minimum atomic E-state index is -0.0752. The summed E-state index contributed by atoms with van der Waals surface area (Å²) in [5, 5.41) is 3.47. The summed E-state index contributed by atoms with van der Waals surface area (Å²) in [6.45, 7) is 9.71. The summed E-state index contributed by atoms with van der Waals surface area (Å²) in [4.78, 5) is 0. The molecule has 1 aliphatic rings. The molecule has 0 amide bonds. The first-order valence-electron chi connectivity index (χ1n) is 6.70. The van der Waals surface area contributed by atoms with Gasteiger partial charge >= 0.3 is 0 Å². The van der Waals surface area contributed by atoms with Crippen LogP contribution in [-0.2, 0) is 9.47 Å². The highest BCUT2D eigenvalue weighted by atomic mass is 16.7. The number of hydrogen-bond donors (Lipinski definition) is 1. The van der Waals surface area contributed by atoms with Gasteiger partial charge in [-0.3, -0.25) is 0 Å². The predicted molar refractivity (Wildman–Crippen MR) is 66.4 cm³/mol. The number of rotatable bonds is 8. The maximum absolute atomic E-state index is 5.48. The van der Waals surface area contributed by atoms with E-state index in [1.54, 1.807) is 0 Å². The van der Waals surface area contributed by atoms with Crippen molar-refractivity contribution in [3.8, 4) is 0 Å². The zero-order valence-electron chi connectivity index (χ0n) is 11.0. The second-order valence-corrected chi connectivity index (χ2v) is 4.78. The van der Waals surface area contributed by atoms with Crippen molar-refractivity contribution >= 4 is 0 Å². The lowest BCUT2D eigenvalue weighted by atomic mass is 10.1. The van der Waals surface area contributed by atoms with Crippen LogP contribution in [0.15, 0.2) is 0 Å². The highest BCUT2D eigenvalue weighted by Crippen LogP contribution is 2.29. The zero-order chi connectivity index (χ0) is 11.8. The van der Waals surface area contributed by atoms with Gasteiger partial charge in [-0.25, -0.2) is 0 Å². The first-order chi connectivity index (χ1) is 7.76. The lowest BCUT2D eigenvalue weighted by molar-refractivity contribution is -0.133. The van der Waals surface area contributed by atoms with Crippen molar-refractivity contribution in [2.24, 2.45) is 11.8 Å². The Bertz CT molecular complexity index is 169. The van der Waals surface area contributed by atoms with Crippen LogP contribution in [0.5, 0.6) is 0 Å². The van der Waals surface area contributed by atoms with Gasteiger partial charge in [0.15, 0.2) is 6.29 Å². The van der Waals surface area contributed by atoms with E-state index in [2.05, 4.69) is 12.2 Å². The van der Waals surface area contributed by atoms with Crippen LogP contribution >= 0.6 is 0 Å². The van der Waals surface area contributed by atoms with Crippen LogP contribution < -0.4 is 5.32 Å². The third-order valence-electron chi connectivity index (χ3n) is 3.25. The van der Waals surface area contributed by atoms with Crippen molar-refractivity contribution in [2.75, 3.05) is 26.3 Å². The summed E-state index contributed by atoms with van der Waals surface area (Å²) < 4.78 is 11.0. The highest BCUT2D eigenvalue weighted by Gasteiger charge is 2.21. The number of nitrogens with one attached hydrogen (secondary N) is 1. The Hall–Kier alpha value is -0.120. The Morgan fingerprint density at radius 3 is 2.38 bits per heavy atom. The molecule has 0 spiro atoms. The van der Waals surface area contributed by atoms with E-state index < -0.39 is 0 Å². The Kier molecular flexibility index (Phi) is 7.01. The van der Waals surface area contributed by atoms with Crippen LogP contribution in [-0.4, -0.2) is 32.6 Å². The summed E-state index contributed by atoms with van der Waals surface area (Å²) in [6.07, 6.45) is 4.07. The minimum Gasteiger partial charge on any atom is -0.352 e. The molecule has 1 saturated carbocycles. The number of hydrogen-bond acceptors (Lipinski definition) is 3.